The van der Waals surface area contributed by atoms with Crippen molar-refractivity contribution >= 4 is 0 Å². The standard InChI is InChI=1S/C78H172N14O12/c1-67(2,79)31-55(93)47-89(48-56(94)32-68(3,4)80)75(17,18)39-63(101)43-87(44-64(102)40-76(19,20)90(49-57(95)33-69(5,6)81)50-58(96)34-70(7,8)82)29-27-25-26-28-30-88(45-65(103)41-77(21,22)91(51-59(97)35-71(9,10)83)52-60(98)36-72(11,12)84)46-66(104)42-78(23,24)92(53-61(99)37-73(13,14)85)54-62(100)38-74(15,16)86/h55-66,93-104H,25-54,79-86H2,1-24H3. The molecule has 0 aromatic rings. The maximum absolute atomic E-state index is 12.3. The monoisotopic (exact) mass is 1500 g/mol. The zero-order valence-electron chi connectivity index (χ0n) is 70.8. The number of rotatable bonds is 59. The minimum Gasteiger partial charge on any atom is -0.392 e. The summed E-state index contributed by atoms with van der Waals surface area (Å²) in [5.74, 6) is 0. The highest BCUT2D eigenvalue weighted by Crippen LogP contribution is 2.31. The van der Waals surface area contributed by atoms with E-state index >= 15 is 0 Å². The molecule has 0 saturated heterocycles. The van der Waals surface area contributed by atoms with Crippen LogP contribution in [0.2, 0.25) is 0 Å². The average Bonchev–Trinajstić information content (AvgIpc) is 0.847. The van der Waals surface area contributed by atoms with Crippen LogP contribution in [0.3, 0.4) is 0 Å². The number of β-amino-alcohol motifs (C(OH)–C–C–N with tert-alkyl or cyclic N) is 8. The molecule has 0 bridgehead atoms. The summed E-state index contributed by atoms with van der Waals surface area (Å²) in [6.45, 7) is 48.7. The molecule has 0 saturated carbocycles. The fourth-order valence-corrected chi connectivity index (χ4v) is 15.5. The van der Waals surface area contributed by atoms with Gasteiger partial charge >= 0.3 is 0 Å². The van der Waals surface area contributed by atoms with Gasteiger partial charge in [0, 0.05) is 145 Å². The molecule has 0 fully saturated rings. The van der Waals surface area contributed by atoms with Gasteiger partial charge in [0.15, 0.2) is 0 Å². The van der Waals surface area contributed by atoms with Crippen molar-refractivity contribution in [1.82, 2.24) is 29.4 Å². The van der Waals surface area contributed by atoms with Gasteiger partial charge in [-0.1, -0.05) is 12.8 Å². The van der Waals surface area contributed by atoms with E-state index in [1.165, 1.54) is 0 Å². The van der Waals surface area contributed by atoms with Gasteiger partial charge in [-0.3, -0.25) is 29.4 Å². The molecule has 12 unspecified atom stereocenters. The lowest BCUT2D eigenvalue weighted by Crippen LogP contribution is -2.55. The van der Waals surface area contributed by atoms with Gasteiger partial charge in [0.2, 0.25) is 0 Å². The minimum absolute atomic E-state index is 0.177. The minimum atomic E-state index is -0.932. The Hall–Kier alpha value is -1.04. The second kappa shape index (κ2) is 43.3. The average molecular weight is 1500 g/mol. The highest BCUT2D eigenvalue weighted by atomic mass is 16.3. The van der Waals surface area contributed by atoms with Crippen LogP contribution in [0.15, 0.2) is 0 Å². The van der Waals surface area contributed by atoms with E-state index in [1.54, 1.807) is 0 Å². The van der Waals surface area contributed by atoms with Crippen molar-refractivity contribution in [2.45, 2.75) is 409 Å². The Balaban J connectivity index is 7.60. The van der Waals surface area contributed by atoms with Crippen LogP contribution in [-0.2, 0) is 0 Å². The normalized spacial score (nSPS) is 18.1. The molecule has 26 heteroatoms. The van der Waals surface area contributed by atoms with Crippen LogP contribution in [0.4, 0.5) is 0 Å². The SMILES string of the molecule is CC(C)(N)CC(O)CN(CC(O)CC(C)(C)N)C(C)(C)CC(O)CN(CCCCCCN(CC(O)CC(C)(C)N(CC(O)CC(C)(C)N)CC(O)CC(C)(C)N)CC(O)CC(C)(C)N(CC(O)CC(C)(C)N)CC(O)CC(C)(C)N)CC(O)CC(C)(C)N(CC(O)CC(C)(C)N)CC(O)CC(C)(C)N. The molecule has 26 nitrogen and oxygen atoms in total. The largest absolute Gasteiger partial charge is 0.392 e. The Kier molecular flexibility index (Phi) is 42.8. The number of unbranched alkanes of at least 4 members (excludes halogenated alkanes) is 3. The summed E-state index contributed by atoms with van der Waals surface area (Å²) in [6.07, 6.45) is -4.17. The van der Waals surface area contributed by atoms with Gasteiger partial charge in [-0.05, 0) is 269 Å². The molecule has 626 valence electrons. The molecule has 104 heavy (non-hydrogen) atoms. The van der Waals surface area contributed by atoms with Crippen LogP contribution in [0.25, 0.3) is 0 Å². The molecular weight excluding hydrogens is 1320 g/mol. The highest BCUT2D eigenvalue weighted by Gasteiger charge is 2.41. The molecule has 0 aliphatic heterocycles. The molecule has 0 aliphatic carbocycles. The third-order valence-corrected chi connectivity index (χ3v) is 19.5. The van der Waals surface area contributed by atoms with E-state index in [9.17, 15) is 61.3 Å². The number of aliphatic hydroxyl groups is 12. The van der Waals surface area contributed by atoms with Gasteiger partial charge in [-0.15, -0.1) is 0 Å². The van der Waals surface area contributed by atoms with Crippen molar-refractivity contribution in [1.29, 1.82) is 0 Å². The van der Waals surface area contributed by atoms with Crippen LogP contribution < -0.4 is 45.9 Å². The topological polar surface area (TPSA) is 470 Å². The molecule has 0 heterocycles. The summed E-state index contributed by atoms with van der Waals surface area (Å²) in [4.78, 5) is 12.2. The second-order valence-corrected chi connectivity index (χ2v) is 41.0. The van der Waals surface area contributed by atoms with E-state index in [2.05, 4.69) is 9.80 Å². The van der Waals surface area contributed by atoms with Crippen molar-refractivity contribution in [3.63, 3.8) is 0 Å². The Morgan fingerprint density at radius 2 is 0.298 bits per heavy atom. The van der Waals surface area contributed by atoms with Crippen molar-refractivity contribution in [3.05, 3.63) is 0 Å². The molecule has 0 aliphatic rings. The Bertz CT molecular complexity index is 1890. The third kappa shape index (κ3) is 51.5. The summed E-state index contributed by atoms with van der Waals surface area (Å²) < 4.78 is 0. The first kappa shape index (κ1) is 103. The van der Waals surface area contributed by atoms with E-state index in [0.29, 0.717) is 77.3 Å². The smallest absolute Gasteiger partial charge is 0.0684 e. The lowest BCUT2D eigenvalue weighted by atomic mass is 9.89. The van der Waals surface area contributed by atoms with Gasteiger partial charge in [-0.2, -0.15) is 0 Å². The van der Waals surface area contributed by atoms with Gasteiger partial charge in [0.05, 0.1) is 73.2 Å². The first-order valence-electron chi connectivity index (χ1n) is 39.3. The van der Waals surface area contributed by atoms with Crippen LogP contribution in [-0.4, -0.2) is 322 Å². The number of aliphatic hydroxyl groups excluding tert-OH is 12. The molecule has 0 radical (unpaired) electrons. The van der Waals surface area contributed by atoms with Crippen LogP contribution in [0.1, 0.15) is 269 Å². The Morgan fingerprint density at radius 3 is 0.413 bits per heavy atom. The molecule has 0 spiro atoms. The van der Waals surface area contributed by atoms with Crippen molar-refractivity contribution in [2.24, 2.45) is 45.9 Å². The van der Waals surface area contributed by atoms with E-state index in [1.807, 2.05) is 186 Å². The van der Waals surface area contributed by atoms with Crippen molar-refractivity contribution in [3.8, 4) is 0 Å². The molecular formula is C78H172N14O12. The van der Waals surface area contributed by atoms with Gasteiger partial charge < -0.3 is 107 Å². The molecule has 0 aromatic carbocycles. The van der Waals surface area contributed by atoms with E-state index < -0.39 is 140 Å². The second-order valence-electron chi connectivity index (χ2n) is 41.0. The predicted octanol–water partition coefficient (Wildman–Crippen LogP) is 2.38. The predicted molar refractivity (Wildman–Crippen MR) is 428 cm³/mol. The maximum atomic E-state index is 12.3. The molecule has 0 rings (SSSR count). The van der Waals surface area contributed by atoms with E-state index in [-0.39, 0.29) is 104 Å². The lowest BCUT2D eigenvalue weighted by molar-refractivity contribution is -0.0327. The zero-order valence-corrected chi connectivity index (χ0v) is 70.8. The Labute approximate surface area is 634 Å². The highest BCUT2D eigenvalue weighted by molar-refractivity contribution is 4.97. The van der Waals surface area contributed by atoms with Gasteiger partial charge in [0.25, 0.3) is 0 Å². The number of nitrogens with zero attached hydrogens (tertiary/aromatic N) is 6. The number of hydrogen-bond donors (Lipinski definition) is 20. The third-order valence-electron chi connectivity index (χ3n) is 19.5. The maximum Gasteiger partial charge on any atom is 0.0684 e. The zero-order chi connectivity index (χ0) is 81.6. The van der Waals surface area contributed by atoms with Crippen LogP contribution >= 0.6 is 0 Å². The fourth-order valence-electron chi connectivity index (χ4n) is 15.5. The van der Waals surface area contributed by atoms with Gasteiger partial charge in [0.1, 0.15) is 0 Å². The summed E-state index contributed by atoms with van der Waals surface area (Å²) in [7, 11) is 0. The van der Waals surface area contributed by atoms with Crippen molar-refractivity contribution < 1.29 is 61.3 Å². The summed E-state index contributed by atoms with van der Waals surface area (Å²) >= 11 is 0. The first-order valence-corrected chi connectivity index (χ1v) is 39.3. The fraction of sp³-hybridized carbons (Fsp3) is 1.00. The summed E-state index contributed by atoms with van der Waals surface area (Å²) in [5.41, 5.74) is 42.7. The molecule has 28 N–H and O–H groups in total. The van der Waals surface area contributed by atoms with Crippen LogP contribution in [0, 0.1) is 0 Å². The number of hydrogen-bond acceptors (Lipinski definition) is 26. The van der Waals surface area contributed by atoms with Gasteiger partial charge in [-0.25, -0.2) is 0 Å². The molecule has 0 aromatic heterocycles. The Morgan fingerprint density at radius 1 is 0.183 bits per heavy atom. The molecule has 12 atom stereocenters. The first-order chi connectivity index (χ1) is 46.3. The van der Waals surface area contributed by atoms with E-state index in [0.717, 1.165) is 12.8 Å². The summed E-state index contributed by atoms with van der Waals surface area (Å²) in [5, 5.41) is 141. The summed E-state index contributed by atoms with van der Waals surface area (Å²) in [6, 6.07) is 0. The van der Waals surface area contributed by atoms with Crippen molar-refractivity contribution in [2.75, 3.05) is 91.6 Å². The number of nitrogens with two attached hydrogens (primary N) is 8. The lowest BCUT2D eigenvalue weighted by Gasteiger charge is -2.44. The molecule has 0 amide bonds. The van der Waals surface area contributed by atoms with E-state index in [4.69, 9.17) is 45.9 Å². The quantitative estimate of drug-likeness (QED) is 0.0389. The van der Waals surface area contributed by atoms with Crippen LogP contribution in [0.5, 0.6) is 0 Å².